The van der Waals surface area contributed by atoms with Crippen LogP contribution in [0.25, 0.3) is 10.8 Å². The highest BCUT2D eigenvalue weighted by atomic mass is 16.6. The van der Waals surface area contributed by atoms with Crippen molar-refractivity contribution in [1.29, 1.82) is 0 Å². The summed E-state index contributed by atoms with van der Waals surface area (Å²) in [4.78, 5) is 14.3. The molecule has 1 saturated heterocycles. The van der Waals surface area contributed by atoms with Crippen LogP contribution in [0.5, 0.6) is 0 Å². The Labute approximate surface area is 150 Å². The first-order chi connectivity index (χ1) is 11.9. The number of amides is 1. The summed E-state index contributed by atoms with van der Waals surface area (Å²) in [5.74, 6) is 0. The second-order valence-electron chi connectivity index (χ2n) is 7.75. The van der Waals surface area contributed by atoms with E-state index in [0.717, 1.165) is 32.4 Å². The number of hydrogen-bond donors (Lipinski definition) is 1. The smallest absolute Gasteiger partial charge is 0.411 e. The van der Waals surface area contributed by atoms with Gasteiger partial charge in [0.1, 0.15) is 5.60 Å². The molecule has 1 fully saturated rings. The number of carbonyl (C=O) groups is 1. The topological polar surface area (TPSA) is 41.6 Å². The number of benzene rings is 2. The Bertz CT molecular complexity index is 736. The number of likely N-dealkylation sites (tertiary alicyclic amines) is 1. The molecule has 1 unspecified atom stereocenters. The van der Waals surface area contributed by atoms with Crippen molar-refractivity contribution in [3.8, 4) is 0 Å². The molecule has 1 aliphatic rings. The second kappa shape index (κ2) is 7.44. The van der Waals surface area contributed by atoms with Crippen molar-refractivity contribution < 1.29 is 9.53 Å². The maximum atomic E-state index is 12.5. The number of piperidine rings is 1. The molecule has 0 bridgehead atoms. The lowest BCUT2D eigenvalue weighted by Crippen LogP contribution is -2.52. The van der Waals surface area contributed by atoms with Gasteiger partial charge in [-0.2, -0.15) is 0 Å². The third-order valence-electron chi connectivity index (χ3n) is 4.49. The molecule has 134 valence electrons. The summed E-state index contributed by atoms with van der Waals surface area (Å²) < 4.78 is 5.56. The van der Waals surface area contributed by atoms with Crippen molar-refractivity contribution in [2.75, 3.05) is 6.54 Å². The molecule has 0 saturated carbocycles. The third-order valence-corrected chi connectivity index (χ3v) is 4.49. The van der Waals surface area contributed by atoms with Crippen LogP contribution in [-0.4, -0.2) is 29.3 Å². The van der Waals surface area contributed by atoms with Crippen molar-refractivity contribution in [2.24, 2.45) is 0 Å². The van der Waals surface area contributed by atoms with E-state index in [-0.39, 0.29) is 12.3 Å². The van der Waals surface area contributed by atoms with Crippen molar-refractivity contribution in [1.82, 2.24) is 10.2 Å². The van der Waals surface area contributed by atoms with Crippen LogP contribution >= 0.6 is 0 Å². The molecule has 0 spiro atoms. The lowest BCUT2D eigenvalue weighted by molar-refractivity contribution is 0.00512. The molecule has 2 aromatic rings. The molecule has 4 heteroatoms. The lowest BCUT2D eigenvalue weighted by atomic mass is 10.1. The van der Waals surface area contributed by atoms with Crippen LogP contribution in [0.1, 0.15) is 45.6 Å². The Morgan fingerprint density at radius 2 is 1.92 bits per heavy atom. The summed E-state index contributed by atoms with van der Waals surface area (Å²) in [6, 6.07) is 14.9. The van der Waals surface area contributed by atoms with Gasteiger partial charge in [0.05, 0.1) is 6.17 Å². The van der Waals surface area contributed by atoms with Crippen molar-refractivity contribution >= 4 is 16.9 Å². The van der Waals surface area contributed by atoms with Gasteiger partial charge in [0.15, 0.2) is 0 Å². The molecule has 1 amide bonds. The van der Waals surface area contributed by atoms with Crippen LogP contribution in [0.3, 0.4) is 0 Å². The van der Waals surface area contributed by atoms with Gasteiger partial charge >= 0.3 is 6.09 Å². The summed E-state index contributed by atoms with van der Waals surface area (Å²) >= 11 is 0. The molecule has 25 heavy (non-hydrogen) atoms. The molecule has 1 aliphatic heterocycles. The fourth-order valence-corrected chi connectivity index (χ4v) is 3.27. The fraction of sp³-hybridized carbons (Fsp3) is 0.476. The molecule has 0 radical (unpaired) electrons. The molecule has 1 N–H and O–H groups in total. The van der Waals surface area contributed by atoms with Gasteiger partial charge in [-0.15, -0.1) is 0 Å². The molecular formula is C21H28N2O2. The summed E-state index contributed by atoms with van der Waals surface area (Å²) in [6.45, 7) is 7.23. The van der Waals surface area contributed by atoms with Crippen molar-refractivity contribution in [2.45, 2.75) is 58.3 Å². The highest BCUT2D eigenvalue weighted by molar-refractivity contribution is 5.82. The fourth-order valence-electron chi connectivity index (χ4n) is 3.27. The second-order valence-corrected chi connectivity index (χ2v) is 7.75. The molecule has 0 aromatic heterocycles. The van der Waals surface area contributed by atoms with Crippen molar-refractivity contribution in [3.05, 3.63) is 48.0 Å². The zero-order valence-corrected chi connectivity index (χ0v) is 15.4. The highest BCUT2D eigenvalue weighted by Crippen LogP contribution is 2.20. The van der Waals surface area contributed by atoms with Gasteiger partial charge in [-0.05, 0) is 62.4 Å². The van der Waals surface area contributed by atoms with E-state index in [1.54, 1.807) is 0 Å². The average Bonchev–Trinajstić information content (AvgIpc) is 2.58. The Kier molecular flexibility index (Phi) is 5.28. The molecule has 3 rings (SSSR count). The van der Waals surface area contributed by atoms with Gasteiger partial charge in [0.2, 0.25) is 0 Å². The van der Waals surface area contributed by atoms with Gasteiger partial charge in [-0.3, -0.25) is 10.2 Å². The van der Waals surface area contributed by atoms with E-state index in [1.807, 2.05) is 25.7 Å². The minimum atomic E-state index is -0.461. The Balaban J connectivity index is 1.65. The van der Waals surface area contributed by atoms with E-state index in [0.29, 0.717) is 0 Å². The van der Waals surface area contributed by atoms with Crippen LogP contribution in [0.2, 0.25) is 0 Å². The maximum Gasteiger partial charge on any atom is 0.411 e. The minimum Gasteiger partial charge on any atom is -0.444 e. The van der Waals surface area contributed by atoms with Gasteiger partial charge in [-0.25, -0.2) is 4.79 Å². The first-order valence-electron chi connectivity index (χ1n) is 9.13. The Hall–Kier alpha value is -2.07. The summed E-state index contributed by atoms with van der Waals surface area (Å²) in [5.41, 5.74) is 0.769. The molecule has 4 nitrogen and oxygen atoms in total. The number of nitrogens with one attached hydrogen (secondary N) is 1. The number of hydrogen-bond acceptors (Lipinski definition) is 3. The summed E-state index contributed by atoms with van der Waals surface area (Å²) in [7, 11) is 0. The number of nitrogens with zero attached hydrogens (tertiary/aromatic N) is 1. The summed E-state index contributed by atoms with van der Waals surface area (Å²) in [5, 5.41) is 6.04. The Morgan fingerprint density at radius 3 is 2.68 bits per heavy atom. The zero-order valence-electron chi connectivity index (χ0n) is 15.4. The quantitative estimate of drug-likeness (QED) is 0.882. The average molecular weight is 340 g/mol. The largest absolute Gasteiger partial charge is 0.444 e. The standard InChI is InChI=1S/C21H28N2O2/c1-21(2,3)25-20(24)23-13-7-6-10-19(23)22-15-16-11-12-17-8-4-5-9-18(17)14-16/h4-5,8-9,11-12,14,19,22H,6-7,10,13,15H2,1-3H3. The number of carbonyl (C=O) groups excluding carboxylic acids is 1. The third kappa shape index (κ3) is 4.73. The monoisotopic (exact) mass is 340 g/mol. The molecule has 0 aliphatic carbocycles. The normalized spacial score (nSPS) is 18.4. The molecular weight excluding hydrogens is 312 g/mol. The van der Waals surface area contributed by atoms with Crippen LogP contribution in [-0.2, 0) is 11.3 Å². The van der Waals surface area contributed by atoms with Crippen LogP contribution in [0, 0.1) is 0 Å². The Morgan fingerprint density at radius 1 is 1.16 bits per heavy atom. The maximum absolute atomic E-state index is 12.5. The van der Waals surface area contributed by atoms with Gasteiger partial charge in [-0.1, -0.05) is 36.4 Å². The first-order valence-corrected chi connectivity index (χ1v) is 9.13. The van der Waals surface area contributed by atoms with E-state index in [2.05, 4.69) is 47.8 Å². The predicted octanol–water partition coefficient (Wildman–Crippen LogP) is 4.68. The van der Waals surface area contributed by atoms with E-state index in [4.69, 9.17) is 4.74 Å². The van der Waals surface area contributed by atoms with Gasteiger partial charge in [0.25, 0.3) is 0 Å². The molecule has 2 aromatic carbocycles. The molecule has 1 atom stereocenters. The molecule has 1 heterocycles. The van der Waals surface area contributed by atoms with E-state index >= 15 is 0 Å². The lowest BCUT2D eigenvalue weighted by Gasteiger charge is -2.37. The predicted molar refractivity (Wildman–Crippen MR) is 101 cm³/mol. The number of fused-ring (bicyclic) bond motifs is 1. The highest BCUT2D eigenvalue weighted by Gasteiger charge is 2.30. The number of ether oxygens (including phenoxy) is 1. The van der Waals surface area contributed by atoms with E-state index < -0.39 is 5.60 Å². The summed E-state index contributed by atoms with van der Waals surface area (Å²) in [6.07, 6.45) is 2.95. The SMILES string of the molecule is CC(C)(C)OC(=O)N1CCCCC1NCc1ccc2ccccc2c1. The zero-order chi connectivity index (χ0) is 17.9. The number of rotatable bonds is 3. The van der Waals surface area contributed by atoms with Crippen LogP contribution < -0.4 is 5.32 Å². The van der Waals surface area contributed by atoms with E-state index in [1.165, 1.54) is 16.3 Å². The van der Waals surface area contributed by atoms with Crippen LogP contribution in [0.4, 0.5) is 4.79 Å². The van der Waals surface area contributed by atoms with Crippen molar-refractivity contribution in [3.63, 3.8) is 0 Å². The van der Waals surface area contributed by atoms with Crippen LogP contribution in [0.15, 0.2) is 42.5 Å². The minimum absolute atomic E-state index is 0.0371. The first kappa shape index (κ1) is 17.7. The van der Waals surface area contributed by atoms with Gasteiger partial charge < -0.3 is 4.74 Å². The van der Waals surface area contributed by atoms with E-state index in [9.17, 15) is 4.79 Å². The van der Waals surface area contributed by atoms with Gasteiger partial charge in [0, 0.05) is 13.1 Å².